The monoisotopic (exact) mass is 347 g/mol. The smallest absolute Gasteiger partial charge is 0.289 e. The van der Waals surface area contributed by atoms with E-state index < -0.39 is 0 Å². The molecule has 2 aliphatic rings. The average molecular weight is 347 g/mol. The zero-order valence-corrected chi connectivity index (χ0v) is 14.4. The molecule has 3 rings (SSSR count). The van der Waals surface area contributed by atoms with E-state index >= 15 is 0 Å². The first kappa shape index (κ1) is 17.0. The third-order valence-corrected chi connectivity index (χ3v) is 5.19. The van der Waals surface area contributed by atoms with Crippen molar-refractivity contribution in [3.8, 4) is 0 Å². The topological polar surface area (TPSA) is 78.5 Å². The van der Waals surface area contributed by atoms with Crippen LogP contribution in [-0.2, 0) is 11.3 Å². The Morgan fingerprint density at radius 2 is 2.25 bits per heavy atom. The van der Waals surface area contributed by atoms with Gasteiger partial charge in [0.05, 0.1) is 12.3 Å². The van der Waals surface area contributed by atoms with E-state index in [0.29, 0.717) is 11.6 Å². The second-order valence-corrected chi connectivity index (χ2v) is 7.21. The maximum Gasteiger partial charge on any atom is 0.289 e. The van der Waals surface area contributed by atoms with Crippen LogP contribution in [0.3, 0.4) is 0 Å². The summed E-state index contributed by atoms with van der Waals surface area (Å²) in [4.78, 5) is 37.1. The van der Waals surface area contributed by atoms with Gasteiger partial charge >= 0.3 is 0 Å². The van der Waals surface area contributed by atoms with Crippen LogP contribution in [0.4, 0.5) is 4.79 Å². The van der Waals surface area contributed by atoms with Gasteiger partial charge in [-0.15, -0.1) is 0 Å². The SMILES string of the molecule is CC1CC(NC(=O)c2cccc(CN3C(=O)CSC3=O)c2)CCN1. The summed E-state index contributed by atoms with van der Waals surface area (Å²) in [6.45, 7) is 3.24. The van der Waals surface area contributed by atoms with Crippen LogP contribution >= 0.6 is 11.8 Å². The largest absolute Gasteiger partial charge is 0.349 e. The zero-order chi connectivity index (χ0) is 17.1. The van der Waals surface area contributed by atoms with Gasteiger partial charge in [-0.2, -0.15) is 0 Å². The highest BCUT2D eigenvalue weighted by molar-refractivity contribution is 8.14. The first-order valence-corrected chi connectivity index (χ1v) is 9.12. The molecule has 0 aliphatic carbocycles. The van der Waals surface area contributed by atoms with E-state index in [2.05, 4.69) is 17.6 Å². The maximum atomic E-state index is 12.5. The number of carbonyl (C=O) groups excluding carboxylic acids is 3. The number of nitrogens with zero attached hydrogens (tertiary/aromatic N) is 1. The predicted molar refractivity (Wildman–Crippen MR) is 92.8 cm³/mol. The van der Waals surface area contributed by atoms with Crippen molar-refractivity contribution in [1.82, 2.24) is 15.5 Å². The van der Waals surface area contributed by atoms with E-state index in [9.17, 15) is 14.4 Å². The van der Waals surface area contributed by atoms with Gasteiger partial charge < -0.3 is 10.6 Å². The third-order valence-electron chi connectivity index (χ3n) is 4.33. The van der Waals surface area contributed by atoms with E-state index in [-0.39, 0.29) is 35.4 Å². The lowest BCUT2D eigenvalue weighted by molar-refractivity contribution is -0.125. The number of carbonyl (C=O) groups is 3. The van der Waals surface area contributed by atoms with Crippen LogP contribution in [0.5, 0.6) is 0 Å². The van der Waals surface area contributed by atoms with Crippen LogP contribution in [0, 0.1) is 0 Å². The molecule has 2 N–H and O–H groups in total. The Kier molecular flexibility index (Phi) is 5.20. The highest BCUT2D eigenvalue weighted by Gasteiger charge is 2.29. The zero-order valence-electron chi connectivity index (χ0n) is 13.6. The molecule has 0 bridgehead atoms. The Balaban J connectivity index is 1.65. The van der Waals surface area contributed by atoms with Crippen LogP contribution in [0.2, 0.25) is 0 Å². The number of hydrogen-bond donors (Lipinski definition) is 2. The minimum Gasteiger partial charge on any atom is -0.349 e. The van der Waals surface area contributed by atoms with Crippen LogP contribution in [0.1, 0.15) is 35.7 Å². The summed E-state index contributed by atoms with van der Waals surface area (Å²) in [5.74, 6) is -0.0830. The molecule has 7 heteroatoms. The average Bonchev–Trinajstić information content (AvgIpc) is 2.87. The van der Waals surface area contributed by atoms with Gasteiger partial charge in [0.15, 0.2) is 0 Å². The molecule has 0 radical (unpaired) electrons. The number of amides is 3. The fourth-order valence-corrected chi connectivity index (χ4v) is 3.78. The van der Waals surface area contributed by atoms with Crippen molar-refractivity contribution in [2.75, 3.05) is 12.3 Å². The minimum atomic E-state index is -0.224. The summed E-state index contributed by atoms with van der Waals surface area (Å²) in [7, 11) is 0. The highest BCUT2D eigenvalue weighted by atomic mass is 32.2. The molecule has 128 valence electrons. The molecule has 1 aromatic carbocycles. The van der Waals surface area contributed by atoms with Gasteiger partial charge in [-0.1, -0.05) is 23.9 Å². The third kappa shape index (κ3) is 3.96. The van der Waals surface area contributed by atoms with Crippen molar-refractivity contribution in [2.45, 2.75) is 38.4 Å². The second kappa shape index (κ2) is 7.36. The summed E-state index contributed by atoms with van der Waals surface area (Å²) in [6, 6.07) is 7.70. The van der Waals surface area contributed by atoms with E-state index in [1.165, 1.54) is 4.90 Å². The molecule has 3 amide bonds. The Labute approximate surface area is 145 Å². The van der Waals surface area contributed by atoms with Crippen molar-refractivity contribution in [1.29, 1.82) is 0 Å². The van der Waals surface area contributed by atoms with Gasteiger partial charge in [-0.3, -0.25) is 19.3 Å². The summed E-state index contributed by atoms with van der Waals surface area (Å²) >= 11 is 1.02. The van der Waals surface area contributed by atoms with Gasteiger partial charge in [0, 0.05) is 17.6 Å². The molecule has 6 nitrogen and oxygen atoms in total. The van der Waals surface area contributed by atoms with Gasteiger partial charge in [0.2, 0.25) is 5.91 Å². The molecule has 2 saturated heterocycles. The lowest BCUT2D eigenvalue weighted by Gasteiger charge is -2.28. The Morgan fingerprint density at radius 3 is 2.96 bits per heavy atom. The van der Waals surface area contributed by atoms with E-state index in [1.807, 2.05) is 6.07 Å². The van der Waals surface area contributed by atoms with Gasteiger partial charge in [-0.25, -0.2) is 0 Å². The van der Waals surface area contributed by atoms with E-state index in [1.54, 1.807) is 18.2 Å². The second-order valence-electron chi connectivity index (χ2n) is 6.28. The van der Waals surface area contributed by atoms with Crippen LogP contribution in [0.25, 0.3) is 0 Å². The van der Waals surface area contributed by atoms with E-state index in [4.69, 9.17) is 0 Å². The van der Waals surface area contributed by atoms with Crippen molar-refractivity contribution >= 4 is 28.8 Å². The predicted octanol–water partition coefficient (Wildman–Crippen LogP) is 1.75. The molecule has 1 aromatic rings. The molecule has 2 unspecified atom stereocenters. The molecular weight excluding hydrogens is 326 g/mol. The standard InChI is InChI=1S/C17H21N3O3S/c1-11-7-14(5-6-18-11)19-16(22)13-4-2-3-12(8-13)9-20-15(21)10-24-17(20)23/h2-4,8,11,14,18H,5-7,9-10H2,1H3,(H,19,22). The Bertz CT molecular complexity index is 648. The highest BCUT2D eigenvalue weighted by Crippen LogP contribution is 2.21. The first-order chi connectivity index (χ1) is 11.5. The molecule has 0 saturated carbocycles. The molecule has 0 spiro atoms. The van der Waals surface area contributed by atoms with Gasteiger partial charge in [0.1, 0.15) is 0 Å². The lowest BCUT2D eigenvalue weighted by Crippen LogP contribution is -2.46. The van der Waals surface area contributed by atoms with Crippen molar-refractivity contribution in [3.05, 3.63) is 35.4 Å². The molecule has 2 aliphatic heterocycles. The molecule has 2 fully saturated rings. The molecular formula is C17H21N3O3S. The molecule has 2 atom stereocenters. The number of piperidine rings is 1. The lowest BCUT2D eigenvalue weighted by atomic mass is 10.00. The molecule has 24 heavy (non-hydrogen) atoms. The Hall–Kier alpha value is -1.86. The van der Waals surface area contributed by atoms with Crippen molar-refractivity contribution in [2.24, 2.45) is 0 Å². The van der Waals surface area contributed by atoms with Gasteiger partial charge in [0.25, 0.3) is 11.1 Å². The number of thioether (sulfide) groups is 1. The van der Waals surface area contributed by atoms with E-state index in [0.717, 1.165) is 36.7 Å². The minimum absolute atomic E-state index is 0.107. The molecule has 0 aromatic heterocycles. The normalized spacial score (nSPS) is 24.3. The fourth-order valence-electron chi connectivity index (χ4n) is 3.06. The maximum absolute atomic E-state index is 12.5. The Morgan fingerprint density at radius 1 is 1.42 bits per heavy atom. The van der Waals surface area contributed by atoms with Gasteiger partial charge in [-0.05, 0) is 44.0 Å². The van der Waals surface area contributed by atoms with Crippen LogP contribution in [0.15, 0.2) is 24.3 Å². The summed E-state index contributed by atoms with van der Waals surface area (Å²) in [6.07, 6.45) is 1.84. The number of benzene rings is 1. The van der Waals surface area contributed by atoms with Crippen molar-refractivity contribution in [3.63, 3.8) is 0 Å². The number of rotatable bonds is 4. The number of hydrogen-bond acceptors (Lipinski definition) is 5. The summed E-state index contributed by atoms with van der Waals surface area (Å²) in [5.41, 5.74) is 1.34. The van der Waals surface area contributed by atoms with Crippen LogP contribution in [-0.4, -0.2) is 46.3 Å². The molecule has 2 heterocycles. The number of nitrogens with one attached hydrogen (secondary N) is 2. The summed E-state index contributed by atoms with van der Waals surface area (Å²) < 4.78 is 0. The van der Waals surface area contributed by atoms with Crippen molar-refractivity contribution < 1.29 is 14.4 Å². The quantitative estimate of drug-likeness (QED) is 0.868. The number of imide groups is 1. The fraction of sp³-hybridized carbons (Fsp3) is 0.471. The van der Waals surface area contributed by atoms with Crippen LogP contribution < -0.4 is 10.6 Å². The summed E-state index contributed by atoms with van der Waals surface area (Å²) in [5, 5.41) is 6.21. The first-order valence-electron chi connectivity index (χ1n) is 8.13.